The molecule has 0 spiro atoms. The Morgan fingerprint density at radius 2 is 1.89 bits per heavy atom. The van der Waals surface area contributed by atoms with Gasteiger partial charge in [-0.15, -0.1) is 24.8 Å². The summed E-state index contributed by atoms with van der Waals surface area (Å²) in [6.45, 7) is 6.67. The molecule has 156 valence electrons. The molecule has 2 aliphatic rings. The lowest BCUT2D eigenvalue weighted by atomic mass is 9.78. The van der Waals surface area contributed by atoms with E-state index >= 15 is 0 Å². The van der Waals surface area contributed by atoms with Gasteiger partial charge < -0.3 is 19.9 Å². The number of pyridine rings is 1. The number of halogens is 2. The molecule has 4 atom stereocenters. The summed E-state index contributed by atoms with van der Waals surface area (Å²) in [6, 6.07) is 8.02. The second kappa shape index (κ2) is 10.1. The van der Waals surface area contributed by atoms with Crippen molar-refractivity contribution in [1.29, 1.82) is 0 Å². The standard InChI is InChI=1S/C21H28N2O3.2ClH/c1-13(2)25-12-14-5-6-19(21-17(14)4-3-7-23-21)26-20-9-16-11-22-10-15(16)8-18(20)24;;/h3-7,13,15-16,18,20,22,24H,8-12H2,1-2H3;2*1H/t15-,16+,18+,20+;;/m0../s1. The van der Waals surface area contributed by atoms with Crippen LogP contribution >= 0.6 is 24.8 Å². The molecule has 1 saturated carbocycles. The van der Waals surface area contributed by atoms with Crippen molar-refractivity contribution in [3.05, 3.63) is 36.0 Å². The fourth-order valence-corrected chi connectivity index (χ4v) is 4.23. The van der Waals surface area contributed by atoms with Gasteiger partial charge in [0, 0.05) is 11.6 Å². The minimum Gasteiger partial charge on any atom is -0.485 e. The van der Waals surface area contributed by atoms with Gasteiger partial charge in [0.15, 0.2) is 0 Å². The zero-order valence-corrected chi connectivity index (χ0v) is 18.0. The van der Waals surface area contributed by atoms with Crippen molar-refractivity contribution < 1.29 is 14.6 Å². The molecule has 0 unspecified atom stereocenters. The number of nitrogens with one attached hydrogen (secondary N) is 1. The van der Waals surface area contributed by atoms with Gasteiger partial charge >= 0.3 is 0 Å². The first-order valence-electron chi connectivity index (χ1n) is 9.65. The number of ether oxygens (including phenoxy) is 2. The molecule has 0 amide bonds. The largest absolute Gasteiger partial charge is 0.485 e. The summed E-state index contributed by atoms with van der Waals surface area (Å²) in [5.41, 5.74) is 1.95. The van der Waals surface area contributed by atoms with E-state index in [1.165, 1.54) is 0 Å². The number of aromatic nitrogens is 1. The summed E-state index contributed by atoms with van der Waals surface area (Å²) in [4.78, 5) is 4.55. The molecule has 0 radical (unpaired) electrons. The fraction of sp³-hybridized carbons (Fsp3) is 0.571. The van der Waals surface area contributed by atoms with Crippen LogP contribution in [0.1, 0.15) is 32.3 Å². The van der Waals surface area contributed by atoms with Crippen molar-refractivity contribution in [3.8, 4) is 5.75 Å². The second-order valence-electron chi connectivity index (χ2n) is 7.86. The molecule has 28 heavy (non-hydrogen) atoms. The average molecular weight is 429 g/mol. The van der Waals surface area contributed by atoms with Crippen LogP contribution in [0, 0.1) is 11.8 Å². The summed E-state index contributed by atoms with van der Waals surface area (Å²) in [5.74, 6) is 1.93. The van der Waals surface area contributed by atoms with Gasteiger partial charge in [0.25, 0.3) is 0 Å². The van der Waals surface area contributed by atoms with E-state index in [0.717, 1.165) is 48.1 Å². The van der Waals surface area contributed by atoms with Gasteiger partial charge in [0.1, 0.15) is 17.4 Å². The SMILES string of the molecule is CC(C)OCc1ccc(O[C@@H]2C[C@@H]3CNC[C@@H]3C[C@H]2O)c2ncccc12.Cl.Cl. The van der Waals surface area contributed by atoms with Gasteiger partial charge in [-0.1, -0.05) is 12.1 Å². The van der Waals surface area contributed by atoms with Crippen LogP contribution in [-0.4, -0.2) is 41.5 Å². The highest BCUT2D eigenvalue weighted by atomic mass is 35.5. The summed E-state index contributed by atoms with van der Waals surface area (Å²) >= 11 is 0. The minimum atomic E-state index is -0.418. The Hall–Kier alpha value is -1.11. The van der Waals surface area contributed by atoms with E-state index in [-0.39, 0.29) is 37.0 Å². The number of rotatable bonds is 5. The maximum Gasteiger partial charge on any atom is 0.146 e. The monoisotopic (exact) mass is 428 g/mol. The van der Waals surface area contributed by atoms with Gasteiger partial charge in [0.05, 0.1) is 18.8 Å². The first-order valence-corrected chi connectivity index (χ1v) is 9.65. The van der Waals surface area contributed by atoms with E-state index in [2.05, 4.69) is 22.4 Å². The first-order chi connectivity index (χ1) is 12.6. The van der Waals surface area contributed by atoms with Gasteiger partial charge in [-0.2, -0.15) is 0 Å². The van der Waals surface area contributed by atoms with Crippen LogP contribution in [0.25, 0.3) is 10.9 Å². The van der Waals surface area contributed by atoms with Crippen LogP contribution in [0.2, 0.25) is 0 Å². The molecular formula is C21H30Cl2N2O3. The van der Waals surface area contributed by atoms with Crippen LogP contribution in [0.15, 0.2) is 30.5 Å². The predicted molar refractivity (Wildman–Crippen MR) is 116 cm³/mol. The number of benzene rings is 1. The molecule has 1 aromatic heterocycles. The second-order valence-corrected chi connectivity index (χ2v) is 7.86. The van der Waals surface area contributed by atoms with Gasteiger partial charge in [-0.25, -0.2) is 0 Å². The van der Waals surface area contributed by atoms with Gasteiger partial charge in [-0.05, 0) is 69.3 Å². The quantitative estimate of drug-likeness (QED) is 0.758. The third-order valence-electron chi connectivity index (χ3n) is 5.66. The Morgan fingerprint density at radius 3 is 2.64 bits per heavy atom. The summed E-state index contributed by atoms with van der Waals surface area (Å²) < 4.78 is 12.1. The van der Waals surface area contributed by atoms with E-state index in [4.69, 9.17) is 9.47 Å². The summed E-state index contributed by atoms with van der Waals surface area (Å²) in [5, 5.41) is 15.0. The van der Waals surface area contributed by atoms with E-state index in [1.54, 1.807) is 6.20 Å². The predicted octanol–water partition coefficient (Wildman–Crippen LogP) is 3.74. The Morgan fingerprint density at radius 1 is 1.14 bits per heavy atom. The van der Waals surface area contributed by atoms with Crippen LogP contribution in [-0.2, 0) is 11.3 Å². The Kier molecular flexibility index (Phi) is 8.34. The third kappa shape index (κ3) is 4.89. The lowest BCUT2D eigenvalue weighted by Crippen LogP contribution is -2.42. The fourth-order valence-electron chi connectivity index (χ4n) is 4.23. The van der Waals surface area contributed by atoms with Crippen LogP contribution in [0.5, 0.6) is 5.75 Å². The average Bonchev–Trinajstić information content (AvgIpc) is 3.08. The molecule has 1 aromatic carbocycles. The number of aliphatic hydroxyl groups is 1. The molecular weight excluding hydrogens is 399 g/mol. The molecule has 2 heterocycles. The maximum atomic E-state index is 10.6. The molecule has 0 bridgehead atoms. The van der Waals surface area contributed by atoms with E-state index in [1.807, 2.05) is 26.0 Å². The van der Waals surface area contributed by atoms with E-state index < -0.39 is 6.10 Å². The van der Waals surface area contributed by atoms with Gasteiger partial charge in [0.2, 0.25) is 0 Å². The molecule has 4 rings (SSSR count). The van der Waals surface area contributed by atoms with E-state index in [0.29, 0.717) is 18.4 Å². The Labute approximate surface area is 179 Å². The molecule has 5 nitrogen and oxygen atoms in total. The maximum absolute atomic E-state index is 10.6. The van der Waals surface area contributed by atoms with Crippen molar-refractivity contribution in [2.45, 2.75) is 51.6 Å². The van der Waals surface area contributed by atoms with Crippen molar-refractivity contribution in [2.75, 3.05) is 13.1 Å². The highest BCUT2D eigenvalue weighted by molar-refractivity contribution is 5.87. The Balaban J connectivity index is 0.00000140. The molecule has 2 N–H and O–H groups in total. The molecule has 7 heteroatoms. The molecule has 1 aliphatic carbocycles. The molecule has 1 saturated heterocycles. The first kappa shape index (κ1) is 23.2. The molecule has 2 aromatic rings. The number of aliphatic hydroxyl groups excluding tert-OH is 1. The van der Waals surface area contributed by atoms with Crippen molar-refractivity contribution in [2.24, 2.45) is 11.8 Å². The lowest BCUT2D eigenvalue weighted by molar-refractivity contribution is -0.0225. The number of hydrogen-bond donors (Lipinski definition) is 2. The van der Waals surface area contributed by atoms with Crippen molar-refractivity contribution >= 4 is 35.7 Å². The lowest BCUT2D eigenvalue weighted by Gasteiger charge is -2.35. The normalized spacial score (nSPS) is 26.4. The van der Waals surface area contributed by atoms with Crippen LogP contribution in [0.3, 0.4) is 0 Å². The van der Waals surface area contributed by atoms with Crippen LogP contribution < -0.4 is 10.1 Å². The minimum absolute atomic E-state index is 0. The molecule has 2 fully saturated rings. The van der Waals surface area contributed by atoms with E-state index in [9.17, 15) is 5.11 Å². The van der Waals surface area contributed by atoms with Crippen molar-refractivity contribution in [3.63, 3.8) is 0 Å². The Bertz CT molecular complexity index is 774. The smallest absolute Gasteiger partial charge is 0.146 e. The summed E-state index contributed by atoms with van der Waals surface area (Å²) in [6.07, 6.45) is 3.09. The summed E-state index contributed by atoms with van der Waals surface area (Å²) in [7, 11) is 0. The molecule has 1 aliphatic heterocycles. The number of fused-ring (bicyclic) bond motifs is 2. The number of nitrogens with zero attached hydrogens (tertiary/aromatic N) is 1. The van der Waals surface area contributed by atoms with Crippen LogP contribution in [0.4, 0.5) is 0 Å². The number of hydrogen-bond acceptors (Lipinski definition) is 5. The van der Waals surface area contributed by atoms with Crippen molar-refractivity contribution in [1.82, 2.24) is 10.3 Å². The zero-order valence-electron chi connectivity index (χ0n) is 16.3. The zero-order chi connectivity index (χ0) is 18.1. The van der Waals surface area contributed by atoms with Gasteiger partial charge in [-0.3, -0.25) is 4.98 Å². The highest BCUT2D eigenvalue weighted by Crippen LogP contribution is 2.36. The third-order valence-corrected chi connectivity index (χ3v) is 5.66. The topological polar surface area (TPSA) is 63.6 Å². The highest BCUT2D eigenvalue weighted by Gasteiger charge is 2.40.